The zero-order chi connectivity index (χ0) is 25.1. The molecular formula is C24H28N4O6. The van der Waals surface area contributed by atoms with Gasteiger partial charge in [0.05, 0.1) is 37.8 Å². The lowest BCUT2D eigenvalue weighted by Crippen LogP contribution is -2.39. The number of carbonyl (C=O) groups is 3. The topological polar surface area (TPSA) is 146 Å². The van der Waals surface area contributed by atoms with E-state index in [1.165, 1.54) is 0 Å². The van der Waals surface area contributed by atoms with Crippen LogP contribution in [0.25, 0.3) is 0 Å². The number of amides is 1. The fourth-order valence-corrected chi connectivity index (χ4v) is 3.94. The molecule has 1 aliphatic rings. The van der Waals surface area contributed by atoms with Crippen molar-refractivity contribution in [3.8, 4) is 5.75 Å². The number of benzene rings is 1. The van der Waals surface area contributed by atoms with Crippen molar-refractivity contribution >= 4 is 18.9 Å². The maximum atomic E-state index is 13.1. The quantitative estimate of drug-likeness (QED) is 0.495. The zero-order valence-corrected chi connectivity index (χ0v) is 19.3. The average Bonchev–Trinajstić information content (AvgIpc) is 3.27. The van der Waals surface area contributed by atoms with Crippen LogP contribution in [0.3, 0.4) is 0 Å². The van der Waals surface area contributed by atoms with E-state index in [0.717, 1.165) is 39.7 Å². The highest BCUT2D eigenvalue weighted by Crippen LogP contribution is 2.33. The lowest BCUT2D eigenvalue weighted by atomic mass is 9.90. The van der Waals surface area contributed by atoms with Gasteiger partial charge in [-0.1, -0.05) is 12.1 Å². The fraction of sp³-hybridized carbons (Fsp3) is 0.292. The van der Waals surface area contributed by atoms with Gasteiger partial charge in [-0.2, -0.15) is 0 Å². The van der Waals surface area contributed by atoms with Crippen molar-refractivity contribution in [3.05, 3.63) is 76.6 Å². The van der Waals surface area contributed by atoms with Crippen LogP contribution >= 0.6 is 0 Å². The van der Waals surface area contributed by atoms with Gasteiger partial charge >= 0.3 is 0 Å². The molecule has 3 aromatic rings. The molecule has 0 saturated carbocycles. The van der Waals surface area contributed by atoms with E-state index >= 15 is 0 Å². The molecule has 0 aliphatic carbocycles. The number of aromatic amines is 1. The molecule has 34 heavy (non-hydrogen) atoms. The van der Waals surface area contributed by atoms with Crippen molar-refractivity contribution in [3.63, 3.8) is 0 Å². The summed E-state index contributed by atoms with van der Waals surface area (Å²) in [5.41, 5.74) is 5.98. The largest absolute Gasteiger partial charge is 0.497 e. The van der Waals surface area contributed by atoms with Crippen LogP contribution in [-0.2, 0) is 27.3 Å². The number of aryl methyl sites for hydroxylation is 2. The van der Waals surface area contributed by atoms with Crippen molar-refractivity contribution in [2.45, 2.75) is 32.7 Å². The maximum absolute atomic E-state index is 13.1. The van der Waals surface area contributed by atoms with Crippen LogP contribution in [0.15, 0.2) is 42.7 Å². The number of H-pyrrole nitrogens is 1. The standard InChI is InChI=1S/C22H24N4O2.2CH2O2/c1-14-7-16(8-15(2)25-14)9-21(27)26-11-19(22-20(12-26)23-13-24-22)17-5-4-6-18(10-17)28-3;2*2-1-3/h4-8,10,13,19H,9,11-12H2,1-3H3,(H,23,24);2*1H,(H,2,3). The molecule has 0 saturated heterocycles. The lowest BCUT2D eigenvalue weighted by Gasteiger charge is -2.32. The second-order valence-electron chi connectivity index (χ2n) is 7.52. The molecule has 1 aliphatic heterocycles. The number of aromatic nitrogens is 3. The van der Waals surface area contributed by atoms with Crippen LogP contribution in [0, 0.1) is 13.8 Å². The highest BCUT2D eigenvalue weighted by atomic mass is 16.5. The summed E-state index contributed by atoms with van der Waals surface area (Å²) in [4.78, 5) is 43.8. The van der Waals surface area contributed by atoms with Crippen molar-refractivity contribution in [2.24, 2.45) is 0 Å². The number of nitrogens with zero attached hydrogens (tertiary/aromatic N) is 3. The molecule has 180 valence electrons. The molecule has 10 nitrogen and oxygen atoms in total. The van der Waals surface area contributed by atoms with Gasteiger partial charge < -0.3 is 24.8 Å². The Morgan fingerprint density at radius 2 is 1.82 bits per heavy atom. The first kappa shape index (κ1) is 26.0. The predicted molar refractivity (Wildman–Crippen MR) is 124 cm³/mol. The maximum Gasteiger partial charge on any atom is 0.290 e. The number of pyridine rings is 1. The molecule has 4 rings (SSSR count). The van der Waals surface area contributed by atoms with Crippen LogP contribution in [0.2, 0.25) is 0 Å². The number of imidazole rings is 1. The number of ether oxygens (including phenoxy) is 1. The molecule has 1 aromatic carbocycles. The van der Waals surface area contributed by atoms with Gasteiger partial charge in [0.15, 0.2) is 0 Å². The van der Waals surface area contributed by atoms with Gasteiger partial charge in [-0.15, -0.1) is 0 Å². The van der Waals surface area contributed by atoms with Crippen molar-refractivity contribution in [1.29, 1.82) is 0 Å². The van der Waals surface area contributed by atoms with Crippen molar-refractivity contribution in [2.75, 3.05) is 13.7 Å². The van der Waals surface area contributed by atoms with E-state index in [1.54, 1.807) is 13.4 Å². The molecule has 1 atom stereocenters. The van der Waals surface area contributed by atoms with Gasteiger partial charge in [0.1, 0.15) is 5.75 Å². The molecule has 0 radical (unpaired) electrons. The minimum Gasteiger partial charge on any atom is -0.497 e. The average molecular weight is 469 g/mol. The van der Waals surface area contributed by atoms with E-state index in [9.17, 15) is 4.79 Å². The Bertz CT molecular complexity index is 1090. The number of carboxylic acid groups (broad SMARTS) is 2. The Morgan fingerprint density at radius 1 is 1.18 bits per heavy atom. The van der Waals surface area contributed by atoms with E-state index in [1.807, 2.05) is 49.1 Å². The lowest BCUT2D eigenvalue weighted by molar-refractivity contribution is -0.131. The summed E-state index contributed by atoms with van der Waals surface area (Å²) in [7, 11) is 1.66. The van der Waals surface area contributed by atoms with Crippen LogP contribution in [0.4, 0.5) is 0 Å². The first-order chi connectivity index (χ1) is 16.4. The Hall–Kier alpha value is -4.21. The number of hydrogen-bond donors (Lipinski definition) is 3. The number of rotatable bonds is 4. The Morgan fingerprint density at radius 3 is 2.44 bits per heavy atom. The third kappa shape index (κ3) is 6.89. The minimum atomic E-state index is -0.250. The summed E-state index contributed by atoms with van der Waals surface area (Å²) in [6, 6.07) is 12.0. The third-order valence-electron chi connectivity index (χ3n) is 5.18. The molecule has 0 spiro atoms. The van der Waals surface area contributed by atoms with Crippen LogP contribution < -0.4 is 4.74 Å². The molecule has 10 heteroatoms. The summed E-state index contributed by atoms with van der Waals surface area (Å²) in [5, 5.41) is 13.8. The van der Waals surface area contributed by atoms with E-state index in [-0.39, 0.29) is 24.8 Å². The van der Waals surface area contributed by atoms with Gasteiger partial charge in [-0.25, -0.2) is 4.98 Å². The molecular weight excluding hydrogens is 440 g/mol. The molecule has 3 N–H and O–H groups in total. The summed E-state index contributed by atoms with van der Waals surface area (Å²) >= 11 is 0. The van der Waals surface area contributed by atoms with Gasteiger partial charge in [0, 0.05) is 23.9 Å². The number of nitrogens with one attached hydrogen (secondary N) is 1. The monoisotopic (exact) mass is 468 g/mol. The molecule has 0 fully saturated rings. The van der Waals surface area contributed by atoms with Gasteiger partial charge in [-0.3, -0.25) is 19.4 Å². The van der Waals surface area contributed by atoms with Crippen LogP contribution in [0.5, 0.6) is 5.75 Å². The van der Waals surface area contributed by atoms with Crippen LogP contribution in [0.1, 0.15) is 39.8 Å². The molecule has 0 bridgehead atoms. The Kier molecular flexibility index (Phi) is 9.75. The summed E-state index contributed by atoms with van der Waals surface area (Å²) < 4.78 is 5.38. The number of hydrogen-bond acceptors (Lipinski definition) is 6. The molecule has 3 heterocycles. The predicted octanol–water partition coefficient (Wildman–Crippen LogP) is 2.55. The summed E-state index contributed by atoms with van der Waals surface area (Å²) in [5.74, 6) is 0.939. The van der Waals surface area contributed by atoms with Gasteiger partial charge in [0.2, 0.25) is 5.91 Å². The summed E-state index contributed by atoms with van der Waals surface area (Å²) in [6.07, 6.45) is 2.08. The first-order valence-electron chi connectivity index (χ1n) is 10.4. The minimum absolute atomic E-state index is 0.0231. The van der Waals surface area contributed by atoms with Crippen LogP contribution in [-0.4, -0.2) is 62.6 Å². The summed E-state index contributed by atoms with van der Waals surface area (Å²) in [6.45, 7) is 4.57. The highest BCUT2D eigenvalue weighted by Gasteiger charge is 2.31. The zero-order valence-electron chi connectivity index (χ0n) is 19.3. The smallest absolute Gasteiger partial charge is 0.290 e. The number of methoxy groups -OCH3 is 1. The van der Waals surface area contributed by atoms with Gasteiger partial charge in [0.25, 0.3) is 12.9 Å². The number of fused-ring (bicyclic) bond motifs is 1. The van der Waals surface area contributed by atoms with E-state index < -0.39 is 0 Å². The Labute approximate surface area is 197 Å². The second kappa shape index (κ2) is 12.7. The normalized spacial score (nSPS) is 13.9. The fourth-order valence-electron chi connectivity index (χ4n) is 3.94. The first-order valence-corrected chi connectivity index (χ1v) is 10.4. The molecule has 1 unspecified atom stereocenters. The molecule has 2 aromatic heterocycles. The van der Waals surface area contributed by atoms with Gasteiger partial charge in [-0.05, 0) is 49.2 Å². The highest BCUT2D eigenvalue weighted by molar-refractivity contribution is 5.79. The number of carbonyl (C=O) groups excluding carboxylic acids is 1. The third-order valence-corrected chi connectivity index (χ3v) is 5.18. The van der Waals surface area contributed by atoms with Crippen molar-refractivity contribution in [1.82, 2.24) is 19.9 Å². The van der Waals surface area contributed by atoms with E-state index in [2.05, 4.69) is 21.0 Å². The molecule has 1 amide bonds. The SMILES string of the molecule is COc1cccc(C2CN(C(=O)Cc3cc(C)nc(C)c3)Cc3[nH]cnc32)c1.O=CO.O=CO. The van der Waals surface area contributed by atoms with E-state index in [4.69, 9.17) is 24.5 Å². The van der Waals surface area contributed by atoms with Crippen molar-refractivity contribution < 1.29 is 29.3 Å². The Balaban J connectivity index is 0.000000618. The second-order valence-corrected chi connectivity index (χ2v) is 7.52. The van der Waals surface area contributed by atoms with E-state index in [0.29, 0.717) is 19.5 Å².